The van der Waals surface area contributed by atoms with Crippen molar-refractivity contribution >= 4 is 21.6 Å². The number of carbonyl (C=O) groups is 1. The van der Waals surface area contributed by atoms with Gasteiger partial charge in [-0.25, -0.2) is 18.6 Å². The molecule has 0 bridgehead atoms. The lowest BCUT2D eigenvalue weighted by molar-refractivity contribution is -0.121. The monoisotopic (exact) mass is 321 g/mol. The van der Waals surface area contributed by atoms with Crippen LogP contribution in [0.5, 0.6) is 0 Å². The third-order valence-corrected chi connectivity index (χ3v) is 4.40. The van der Waals surface area contributed by atoms with Crippen molar-refractivity contribution in [3.05, 3.63) is 47.4 Å². The van der Waals surface area contributed by atoms with E-state index in [1.807, 2.05) is 24.3 Å². The number of benzene rings is 1. The van der Waals surface area contributed by atoms with Gasteiger partial charge in [-0.15, -0.1) is 0 Å². The number of sulfonamides is 1. The molecule has 0 spiro atoms. The van der Waals surface area contributed by atoms with Gasteiger partial charge in [-0.2, -0.15) is 5.10 Å². The molecule has 0 radical (unpaired) electrons. The lowest BCUT2D eigenvalue weighted by atomic mass is 10.0. The van der Waals surface area contributed by atoms with Gasteiger partial charge in [-0.05, 0) is 24.0 Å². The Morgan fingerprint density at radius 2 is 2.00 bits per heavy atom. The van der Waals surface area contributed by atoms with E-state index in [0.29, 0.717) is 25.8 Å². The summed E-state index contributed by atoms with van der Waals surface area (Å²) in [6.45, 7) is 3.62. The van der Waals surface area contributed by atoms with Gasteiger partial charge in [0.2, 0.25) is 15.9 Å². The Kier molecular flexibility index (Phi) is 5.46. The van der Waals surface area contributed by atoms with E-state index in [4.69, 9.17) is 0 Å². The summed E-state index contributed by atoms with van der Waals surface area (Å²) in [6.07, 6.45) is 2.60. The number of hydrogen-bond acceptors (Lipinski definition) is 4. The number of nitrogens with one attached hydrogen (secondary N) is 2. The van der Waals surface area contributed by atoms with Gasteiger partial charge in [-0.3, -0.25) is 4.79 Å². The highest BCUT2D eigenvalue weighted by Gasteiger charge is 2.12. The molecule has 1 amide bonds. The van der Waals surface area contributed by atoms with Gasteiger partial charge in [0.15, 0.2) is 0 Å². The predicted molar refractivity (Wildman–Crippen MR) is 85.8 cm³/mol. The summed E-state index contributed by atoms with van der Waals surface area (Å²) in [5.74, 6) is -0.0534. The highest BCUT2D eigenvalue weighted by atomic mass is 32.2. The summed E-state index contributed by atoms with van der Waals surface area (Å²) >= 11 is 0. The zero-order valence-electron chi connectivity index (χ0n) is 12.2. The normalized spacial score (nSPS) is 15.1. The summed E-state index contributed by atoms with van der Waals surface area (Å²) in [5.41, 5.74) is 5.49. The van der Waals surface area contributed by atoms with Crippen molar-refractivity contribution in [1.29, 1.82) is 0 Å². The lowest BCUT2D eigenvalue weighted by Gasteiger charge is -2.12. The van der Waals surface area contributed by atoms with Crippen LogP contribution in [-0.2, 0) is 21.2 Å². The minimum absolute atomic E-state index is 0.0534. The second-order valence-corrected chi connectivity index (χ2v) is 6.71. The molecule has 0 fully saturated rings. The SMILES string of the molecule is C=CS(=O)(=O)NCCCc1ccc(C2=NNC(=O)CC2)cc1. The van der Waals surface area contributed by atoms with E-state index in [1.54, 1.807) is 0 Å². The second kappa shape index (κ2) is 7.33. The van der Waals surface area contributed by atoms with E-state index >= 15 is 0 Å². The highest BCUT2D eigenvalue weighted by molar-refractivity contribution is 7.92. The van der Waals surface area contributed by atoms with Crippen LogP contribution in [0.2, 0.25) is 0 Å². The first kappa shape index (κ1) is 16.4. The average Bonchev–Trinajstić information content (AvgIpc) is 2.53. The predicted octanol–water partition coefficient (Wildman–Crippen LogP) is 1.30. The molecule has 0 unspecified atom stereocenters. The fraction of sp³-hybridized carbons (Fsp3) is 0.333. The van der Waals surface area contributed by atoms with Gasteiger partial charge in [0.05, 0.1) is 5.71 Å². The minimum atomic E-state index is -3.34. The molecule has 7 heteroatoms. The molecule has 1 aromatic carbocycles. The fourth-order valence-corrected chi connectivity index (χ4v) is 2.66. The summed E-state index contributed by atoms with van der Waals surface area (Å²) in [7, 11) is -3.34. The van der Waals surface area contributed by atoms with Crippen molar-refractivity contribution in [2.45, 2.75) is 25.7 Å². The summed E-state index contributed by atoms with van der Waals surface area (Å²) in [5, 5.41) is 4.96. The highest BCUT2D eigenvalue weighted by Crippen LogP contribution is 2.12. The van der Waals surface area contributed by atoms with Crippen LogP contribution < -0.4 is 10.1 Å². The van der Waals surface area contributed by atoms with E-state index in [9.17, 15) is 13.2 Å². The molecule has 0 saturated carbocycles. The molecule has 118 valence electrons. The summed E-state index contributed by atoms with van der Waals surface area (Å²) < 4.78 is 24.8. The molecule has 1 aliphatic rings. The van der Waals surface area contributed by atoms with Crippen LogP contribution in [0.15, 0.2) is 41.4 Å². The molecular weight excluding hydrogens is 302 g/mol. The number of nitrogens with zero attached hydrogens (tertiary/aromatic N) is 1. The number of aryl methyl sites for hydroxylation is 1. The third-order valence-electron chi connectivity index (χ3n) is 3.36. The summed E-state index contributed by atoms with van der Waals surface area (Å²) in [4.78, 5) is 11.1. The Hall–Kier alpha value is -1.99. The van der Waals surface area contributed by atoms with Crippen molar-refractivity contribution in [3.63, 3.8) is 0 Å². The van der Waals surface area contributed by atoms with E-state index in [-0.39, 0.29) is 5.91 Å². The number of hydrazone groups is 1. The van der Waals surface area contributed by atoms with Crippen LogP contribution >= 0.6 is 0 Å². The van der Waals surface area contributed by atoms with Crippen LogP contribution in [0.1, 0.15) is 30.4 Å². The van der Waals surface area contributed by atoms with Crippen LogP contribution in [-0.4, -0.2) is 26.6 Å². The van der Waals surface area contributed by atoms with Crippen LogP contribution in [0.4, 0.5) is 0 Å². The lowest BCUT2D eigenvalue weighted by Crippen LogP contribution is -2.25. The zero-order valence-corrected chi connectivity index (χ0v) is 13.0. The first-order valence-electron chi connectivity index (χ1n) is 7.07. The largest absolute Gasteiger partial charge is 0.273 e. The maximum absolute atomic E-state index is 11.2. The maximum Gasteiger partial charge on any atom is 0.240 e. The first-order chi connectivity index (χ1) is 10.5. The Morgan fingerprint density at radius 3 is 2.59 bits per heavy atom. The van der Waals surface area contributed by atoms with Gasteiger partial charge >= 0.3 is 0 Å². The molecule has 1 heterocycles. The zero-order chi connectivity index (χ0) is 16.0. The van der Waals surface area contributed by atoms with Gasteiger partial charge < -0.3 is 0 Å². The van der Waals surface area contributed by atoms with E-state index in [2.05, 4.69) is 21.8 Å². The van der Waals surface area contributed by atoms with Gasteiger partial charge in [-0.1, -0.05) is 30.8 Å². The molecule has 2 N–H and O–H groups in total. The standard InChI is InChI=1S/C15H19N3O3S/c1-2-22(20,21)16-11-3-4-12-5-7-13(8-6-12)14-9-10-15(19)18-17-14/h2,5-8,16H,1,3-4,9-11H2,(H,18,19). The van der Waals surface area contributed by atoms with Crippen molar-refractivity contribution < 1.29 is 13.2 Å². The number of rotatable bonds is 7. The molecule has 2 rings (SSSR count). The van der Waals surface area contributed by atoms with Crippen molar-refractivity contribution in [1.82, 2.24) is 10.1 Å². The van der Waals surface area contributed by atoms with Gasteiger partial charge in [0, 0.05) is 24.8 Å². The van der Waals surface area contributed by atoms with Crippen molar-refractivity contribution in [3.8, 4) is 0 Å². The van der Waals surface area contributed by atoms with Gasteiger partial charge in [0.1, 0.15) is 0 Å². The number of amides is 1. The van der Waals surface area contributed by atoms with Crippen molar-refractivity contribution in [2.24, 2.45) is 5.10 Å². The molecule has 0 atom stereocenters. The Morgan fingerprint density at radius 1 is 1.27 bits per heavy atom. The van der Waals surface area contributed by atoms with Gasteiger partial charge in [0.25, 0.3) is 0 Å². The minimum Gasteiger partial charge on any atom is -0.273 e. The molecule has 0 aromatic heterocycles. The molecule has 1 aromatic rings. The summed E-state index contributed by atoms with van der Waals surface area (Å²) in [6, 6.07) is 7.94. The van der Waals surface area contributed by atoms with Crippen LogP contribution in [0, 0.1) is 0 Å². The van der Waals surface area contributed by atoms with Crippen LogP contribution in [0.25, 0.3) is 0 Å². The Balaban J connectivity index is 1.85. The maximum atomic E-state index is 11.2. The Labute approximate surface area is 130 Å². The molecular formula is C15H19N3O3S. The smallest absolute Gasteiger partial charge is 0.240 e. The Bertz CT molecular complexity index is 678. The molecule has 22 heavy (non-hydrogen) atoms. The first-order valence-corrected chi connectivity index (χ1v) is 8.61. The van der Waals surface area contributed by atoms with E-state index < -0.39 is 10.0 Å². The molecule has 1 aliphatic heterocycles. The second-order valence-electron chi connectivity index (χ2n) is 5.00. The topological polar surface area (TPSA) is 87.6 Å². The third kappa shape index (κ3) is 4.78. The quantitative estimate of drug-likeness (QED) is 0.742. The average molecular weight is 321 g/mol. The molecule has 6 nitrogen and oxygen atoms in total. The fourth-order valence-electron chi connectivity index (χ4n) is 2.11. The van der Waals surface area contributed by atoms with Crippen molar-refractivity contribution in [2.75, 3.05) is 6.54 Å². The molecule has 0 aliphatic carbocycles. The van der Waals surface area contributed by atoms with E-state index in [0.717, 1.165) is 28.7 Å². The number of hydrogen-bond donors (Lipinski definition) is 2. The van der Waals surface area contributed by atoms with E-state index in [1.165, 1.54) is 0 Å². The number of carbonyl (C=O) groups excluding carboxylic acids is 1. The van der Waals surface area contributed by atoms with Crippen LogP contribution in [0.3, 0.4) is 0 Å². The molecule has 0 saturated heterocycles.